The molecule has 9 heteroatoms. The molecule has 0 saturated heterocycles. The summed E-state index contributed by atoms with van der Waals surface area (Å²) in [6.07, 6.45) is 0.776. The molecule has 0 heterocycles. The molecule has 2 unspecified atom stereocenters. The summed E-state index contributed by atoms with van der Waals surface area (Å²) in [6, 6.07) is 12.4. The van der Waals surface area contributed by atoms with E-state index >= 15 is 0 Å². The Labute approximate surface area is 142 Å². The highest BCUT2D eigenvalue weighted by molar-refractivity contribution is 7.91. The lowest BCUT2D eigenvalue weighted by molar-refractivity contribution is -0.384. The fraction of sp³-hybridized carbons (Fsp3) is 0.250. The van der Waals surface area contributed by atoms with Gasteiger partial charge >= 0.3 is 5.76 Å². The standard InChI is InChI=1S/C16H14F2N2O4S/c17-16(18)25(23,24)11-6-7-13(15(8-11)20(21)22)19-14-9-12(14)10-4-2-1-3-5-10/h1-8,12,14,16,19H,9H2. The van der Waals surface area contributed by atoms with Crippen molar-refractivity contribution in [2.24, 2.45) is 0 Å². The van der Waals surface area contributed by atoms with Gasteiger partial charge in [0.15, 0.2) is 0 Å². The van der Waals surface area contributed by atoms with Gasteiger partial charge in [0.05, 0.1) is 9.82 Å². The summed E-state index contributed by atoms with van der Waals surface area (Å²) in [6.45, 7) is 0. The number of nitrogens with zero attached hydrogens (tertiary/aromatic N) is 1. The second kappa shape index (κ2) is 6.40. The van der Waals surface area contributed by atoms with Gasteiger partial charge in [-0.15, -0.1) is 0 Å². The van der Waals surface area contributed by atoms with Gasteiger partial charge in [0, 0.05) is 18.0 Å². The smallest absolute Gasteiger partial charge is 0.341 e. The first-order valence-corrected chi connectivity index (χ1v) is 8.97. The molecule has 2 atom stereocenters. The number of anilines is 1. The normalized spacial score (nSPS) is 19.6. The molecule has 2 aromatic rings. The van der Waals surface area contributed by atoms with Crippen LogP contribution in [-0.4, -0.2) is 25.1 Å². The second-order valence-corrected chi connectivity index (χ2v) is 7.66. The third-order valence-corrected chi connectivity index (χ3v) is 5.47. The minimum Gasteiger partial charge on any atom is -0.376 e. The van der Waals surface area contributed by atoms with E-state index in [9.17, 15) is 27.3 Å². The summed E-state index contributed by atoms with van der Waals surface area (Å²) >= 11 is 0. The Morgan fingerprint density at radius 3 is 2.44 bits per heavy atom. The summed E-state index contributed by atoms with van der Waals surface area (Å²) < 4.78 is 48.2. The van der Waals surface area contributed by atoms with Crippen LogP contribution in [-0.2, 0) is 9.84 Å². The molecule has 0 radical (unpaired) electrons. The van der Waals surface area contributed by atoms with Crippen molar-refractivity contribution in [3.8, 4) is 0 Å². The number of hydrogen-bond donors (Lipinski definition) is 1. The topological polar surface area (TPSA) is 89.3 Å². The molecule has 0 amide bonds. The van der Waals surface area contributed by atoms with Crippen molar-refractivity contribution in [1.29, 1.82) is 0 Å². The number of alkyl halides is 2. The van der Waals surface area contributed by atoms with Crippen molar-refractivity contribution < 1.29 is 22.1 Å². The van der Waals surface area contributed by atoms with E-state index in [2.05, 4.69) is 5.32 Å². The predicted octanol–water partition coefficient (Wildman–Crippen LogP) is 3.56. The Kier molecular flexibility index (Phi) is 4.42. The molecular weight excluding hydrogens is 354 g/mol. The molecule has 1 aliphatic carbocycles. The van der Waals surface area contributed by atoms with Gasteiger partial charge in [-0.1, -0.05) is 30.3 Å². The van der Waals surface area contributed by atoms with Gasteiger partial charge in [-0.2, -0.15) is 8.78 Å². The summed E-state index contributed by atoms with van der Waals surface area (Å²) in [4.78, 5) is 9.65. The van der Waals surface area contributed by atoms with Crippen LogP contribution in [0.25, 0.3) is 0 Å². The average molecular weight is 368 g/mol. The van der Waals surface area contributed by atoms with Crippen molar-refractivity contribution >= 4 is 21.2 Å². The maximum atomic E-state index is 12.6. The number of benzene rings is 2. The molecule has 6 nitrogen and oxygen atoms in total. The van der Waals surface area contributed by atoms with E-state index in [1.54, 1.807) is 0 Å². The van der Waals surface area contributed by atoms with Gasteiger partial charge in [0.1, 0.15) is 5.69 Å². The van der Waals surface area contributed by atoms with E-state index < -0.39 is 31.1 Å². The minimum absolute atomic E-state index is 0.0290. The van der Waals surface area contributed by atoms with Crippen LogP contribution in [0.15, 0.2) is 53.4 Å². The van der Waals surface area contributed by atoms with Crippen molar-refractivity contribution in [1.82, 2.24) is 0 Å². The second-order valence-electron chi connectivity index (χ2n) is 5.75. The van der Waals surface area contributed by atoms with Crippen LogP contribution in [0.5, 0.6) is 0 Å². The van der Waals surface area contributed by atoms with Crippen LogP contribution in [0, 0.1) is 10.1 Å². The average Bonchev–Trinajstić information content (AvgIpc) is 3.34. The van der Waals surface area contributed by atoms with Gasteiger partial charge in [-0.3, -0.25) is 10.1 Å². The lowest BCUT2D eigenvalue weighted by Gasteiger charge is -2.09. The number of hydrogen-bond acceptors (Lipinski definition) is 5. The first kappa shape index (κ1) is 17.3. The molecule has 1 aliphatic rings. The fourth-order valence-corrected chi connectivity index (χ4v) is 3.43. The van der Waals surface area contributed by atoms with E-state index in [0.717, 1.165) is 24.1 Å². The largest absolute Gasteiger partial charge is 0.376 e. The molecule has 1 N–H and O–H groups in total. The molecule has 0 aliphatic heterocycles. The number of sulfone groups is 1. The highest BCUT2D eigenvalue weighted by Gasteiger charge is 2.39. The predicted molar refractivity (Wildman–Crippen MR) is 87.5 cm³/mol. The SMILES string of the molecule is O=[N+]([O-])c1cc(S(=O)(=O)C(F)F)ccc1NC1CC1c1ccccc1. The lowest BCUT2D eigenvalue weighted by atomic mass is 10.1. The monoisotopic (exact) mass is 368 g/mol. The Bertz CT molecular complexity index is 904. The Morgan fingerprint density at radius 2 is 1.84 bits per heavy atom. The third kappa shape index (κ3) is 3.46. The molecule has 3 rings (SSSR count). The van der Waals surface area contributed by atoms with Crippen molar-refractivity contribution in [3.05, 3.63) is 64.2 Å². The molecule has 0 aromatic heterocycles. The number of nitrogens with one attached hydrogen (secondary N) is 1. The van der Waals surface area contributed by atoms with Crippen molar-refractivity contribution in [3.63, 3.8) is 0 Å². The van der Waals surface area contributed by atoms with Crippen LogP contribution in [0.1, 0.15) is 17.9 Å². The van der Waals surface area contributed by atoms with Gasteiger partial charge in [-0.25, -0.2) is 8.42 Å². The quantitative estimate of drug-likeness (QED) is 0.622. The molecule has 132 valence electrons. The molecule has 0 bridgehead atoms. The Morgan fingerprint density at radius 1 is 1.16 bits per heavy atom. The lowest BCUT2D eigenvalue weighted by Crippen LogP contribution is -2.13. The molecule has 0 spiro atoms. The summed E-state index contributed by atoms with van der Waals surface area (Å²) in [5, 5.41) is 14.2. The minimum atomic E-state index is -4.88. The zero-order valence-electron chi connectivity index (χ0n) is 12.8. The number of nitro benzene ring substituents is 1. The highest BCUT2D eigenvalue weighted by atomic mass is 32.2. The van der Waals surface area contributed by atoms with Crippen molar-refractivity contribution in [2.45, 2.75) is 29.0 Å². The molecule has 2 aromatic carbocycles. The van der Waals surface area contributed by atoms with E-state index in [4.69, 9.17) is 0 Å². The van der Waals surface area contributed by atoms with E-state index in [1.165, 1.54) is 0 Å². The highest BCUT2D eigenvalue weighted by Crippen LogP contribution is 2.44. The summed E-state index contributed by atoms with van der Waals surface area (Å²) in [5.41, 5.74) is 0.668. The fourth-order valence-electron chi connectivity index (χ4n) is 2.69. The molecule has 1 saturated carbocycles. The van der Waals surface area contributed by atoms with Gasteiger partial charge < -0.3 is 5.32 Å². The Hall–Kier alpha value is -2.55. The van der Waals surface area contributed by atoms with Crippen LogP contribution in [0.4, 0.5) is 20.2 Å². The number of halogens is 2. The third-order valence-electron chi connectivity index (χ3n) is 4.09. The van der Waals surface area contributed by atoms with Crippen molar-refractivity contribution in [2.75, 3.05) is 5.32 Å². The first-order chi connectivity index (χ1) is 11.8. The van der Waals surface area contributed by atoms with Crippen LogP contribution >= 0.6 is 0 Å². The summed E-state index contributed by atoms with van der Waals surface area (Å²) in [5.74, 6) is -3.43. The number of rotatable bonds is 6. The van der Waals surface area contributed by atoms with Gasteiger partial charge in [0.2, 0.25) is 9.84 Å². The van der Waals surface area contributed by atoms with Gasteiger partial charge in [-0.05, 0) is 24.1 Å². The van der Waals surface area contributed by atoms with E-state index in [-0.39, 0.29) is 17.6 Å². The molecule has 25 heavy (non-hydrogen) atoms. The number of nitro groups is 1. The molecule has 1 fully saturated rings. The summed E-state index contributed by atoms with van der Waals surface area (Å²) in [7, 11) is -4.88. The zero-order chi connectivity index (χ0) is 18.2. The van der Waals surface area contributed by atoms with Crippen LogP contribution < -0.4 is 5.32 Å². The molecular formula is C16H14F2N2O4S. The maximum absolute atomic E-state index is 12.6. The zero-order valence-corrected chi connectivity index (χ0v) is 13.6. The van der Waals surface area contributed by atoms with Crippen LogP contribution in [0.3, 0.4) is 0 Å². The van der Waals surface area contributed by atoms with Gasteiger partial charge in [0.25, 0.3) is 5.69 Å². The van der Waals surface area contributed by atoms with Crippen LogP contribution in [0.2, 0.25) is 0 Å². The first-order valence-electron chi connectivity index (χ1n) is 7.42. The van der Waals surface area contributed by atoms with E-state index in [0.29, 0.717) is 6.07 Å². The maximum Gasteiger partial charge on any atom is 0.341 e. The van der Waals surface area contributed by atoms with E-state index in [1.807, 2.05) is 30.3 Å². The Balaban J connectivity index is 1.84.